The van der Waals surface area contributed by atoms with Crippen molar-refractivity contribution in [2.24, 2.45) is 0 Å². The van der Waals surface area contributed by atoms with Gasteiger partial charge in [-0.15, -0.1) is 0 Å². The van der Waals surface area contributed by atoms with Crippen molar-refractivity contribution in [1.29, 1.82) is 0 Å². The molecule has 0 aliphatic rings. The first-order chi connectivity index (χ1) is 12.3. The Morgan fingerprint density at radius 3 is 1.88 bits per heavy atom. The molecule has 2 N–H and O–H groups in total. The average molecular weight is 349 g/mol. The summed E-state index contributed by atoms with van der Waals surface area (Å²) < 4.78 is 0. The van der Waals surface area contributed by atoms with Crippen LogP contribution in [0.4, 0.5) is 0 Å². The van der Waals surface area contributed by atoms with Crippen molar-refractivity contribution < 1.29 is 5.11 Å². The fraction of sp³-hybridized carbons (Fsp3) is 0.182. The normalized spacial score (nSPS) is 13.4. The molecule has 0 aliphatic carbocycles. The number of benzene rings is 3. The molecule has 0 saturated heterocycles. The predicted molar refractivity (Wildman–Crippen MR) is 105 cm³/mol. The highest BCUT2D eigenvalue weighted by Gasteiger charge is 2.22. The van der Waals surface area contributed by atoms with Crippen LogP contribution in [0.15, 0.2) is 94.7 Å². The van der Waals surface area contributed by atoms with E-state index in [1.54, 1.807) is 11.8 Å². The number of nitrogens with one attached hydrogen (secondary N) is 1. The number of likely N-dealkylation sites (N-methyl/N-ethyl adjacent to an activating group) is 1. The first kappa shape index (κ1) is 17.7. The summed E-state index contributed by atoms with van der Waals surface area (Å²) in [7, 11) is 1.87. The fourth-order valence-electron chi connectivity index (χ4n) is 2.99. The summed E-state index contributed by atoms with van der Waals surface area (Å²) in [5, 5.41) is 13.7. The van der Waals surface area contributed by atoms with Crippen LogP contribution in [-0.2, 0) is 0 Å². The quantitative estimate of drug-likeness (QED) is 0.656. The van der Waals surface area contributed by atoms with Gasteiger partial charge in [0, 0.05) is 22.3 Å². The van der Waals surface area contributed by atoms with Gasteiger partial charge < -0.3 is 10.4 Å². The molecule has 0 bridgehead atoms. The lowest BCUT2D eigenvalue weighted by Crippen LogP contribution is -2.30. The summed E-state index contributed by atoms with van der Waals surface area (Å²) in [5.41, 5.74) is 2.26. The number of aliphatic hydroxyl groups is 1. The third-order valence-corrected chi connectivity index (χ3v) is 5.19. The molecule has 3 rings (SSSR count). The minimum absolute atomic E-state index is 0.0376. The van der Waals surface area contributed by atoms with Gasteiger partial charge in [-0.1, -0.05) is 72.4 Å². The van der Waals surface area contributed by atoms with E-state index in [0.717, 1.165) is 11.1 Å². The molecule has 0 saturated carbocycles. The van der Waals surface area contributed by atoms with E-state index in [9.17, 15) is 5.11 Å². The lowest BCUT2D eigenvalue weighted by molar-refractivity contribution is 0.156. The maximum absolute atomic E-state index is 10.7. The van der Waals surface area contributed by atoms with Crippen LogP contribution in [0.2, 0.25) is 0 Å². The minimum Gasteiger partial charge on any atom is -0.391 e. The van der Waals surface area contributed by atoms with Crippen LogP contribution >= 0.6 is 11.8 Å². The minimum atomic E-state index is -0.472. The zero-order valence-electron chi connectivity index (χ0n) is 14.3. The largest absolute Gasteiger partial charge is 0.391 e. The zero-order valence-corrected chi connectivity index (χ0v) is 15.1. The van der Waals surface area contributed by atoms with Gasteiger partial charge >= 0.3 is 0 Å². The molecule has 3 heteroatoms. The van der Waals surface area contributed by atoms with E-state index in [1.807, 2.05) is 31.3 Å². The van der Waals surface area contributed by atoms with Crippen molar-refractivity contribution in [3.05, 3.63) is 96.1 Å². The van der Waals surface area contributed by atoms with Gasteiger partial charge in [-0.2, -0.15) is 0 Å². The van der Waals surface area contributed by atoms with Crippen molar-refractivity contribution in [2.45, 2.75) is 21.8 Å². The SMILES string of the molecule is CNCC(O)C(c1ccccc1)c1ccc(Sc2ccccc2)cc1. The van der Waals surface area contributed by atoms with Crippen LogP contribution in [0.1, 0.15) is 17.0 Å². The van der Waals surface area contributed by atoms with Gasteiger partial charge in [0.05, 0.1) is 6.10 Å². The van der Waals surface area contributed by atoms with Crippen LogP contribution in [0.25, 0.3) is 0 Å². The standard InChI is InChI=1S/C22H23NOS/c1-23-16-21(24)22(17-8-4-2-5-9-17)18-12-14-20(15-13-18)25-19-10-6-3-7-11-19/h2-15,21-24H,16H2,1H3. The first-order valence-corrected chi connectivity index (χ1v) is 9.30. The van der Waals surface area contributed by atoms with E-state index in [4.69, 9.17) is 0 Å². The Morgan fingerprint density at radius 1 is 0.760 bits per heavy atom. The van der Waals surface area contributed by atoms with Crippen LogP contribution in [0, 0.1) is 0 Å². The molecule has 128 valence electrons. The van der Waals surface area contributed by atoms with Crippen molar-refractivity contribution in [3.63, 3.8) is 0 Å². The summed E-state index contributed by atoms with van der Waals surface area (Å²) >= 11 is 1.75. The molecule has 0 fully saturated rings. The summed E-state index contributed by atoms with van der Waals surface area (Å²) in [6.45, 7) is 0.556. The van der Waals surface area contributed by atoms with Crippen LogP contribution in [-0.4, -0.2) is 24.8 Å². The third-order valence-electron chi connectivity index (χ3n) is 4.17. The molecule has 0 spiro atoms. The van der Waals surface area contributed by atoms with Crippen molar-refractivity contribution in [2.75, 3.05) is 13.6 Å². The monoisotopic (exact) mass is 349 g/mol. The van der Waals surface area contributed by atoms with Crippen LogP contribution in [0.5, 0.6) is 0 Å². The molecule has 0 heterocycles. The lowest BCUT2D eigenvalue weighted by atomic mass is 9.86. The highest BCUT2D eigenvalue weighted by molar-refractivity contribution is 7.99. The molecule has 0 aromatic heterocycles. The second-order valence-electron chi connectivity index (χ2n) is 6.00. The van der Waals surface area contributed by atoms with E-state index in [1.165, 1.54) is 9.79 Å². The van der Waals surface area contributed by atoms with Gasteiger partial charge in [0.1, 0.15) is 0 Å². The van der Waals surface area contributed by atoms with Crippen molar-refractivity contribution in [1.82, 2.24) is 5.32 Å². The molecule has 3 aromatic carbocycles. The number of hydrogen-bond donors (Lipinski definition) is 2. The molecule has 25 heavy (non-hydrogen) atoms. The van der Waals surface area contributed by atoms with Crippen molar-refractivity contribution >= 4 is 11.8 Å². The maximum atomic E-state index is 10.7. The molecule has 0 aliphatic heterocycles. The molecule has 3 aromatic rings. The van der Waals surface area contributed by atoms with Gasteiger partial charge in [0.15, 0.2) is 0 Å². The van der Waals surface area contributed by atoms with E-state index < -0.39 is 6.10 Å². The Hall–Kier alpha value is -2.07. The highest BCUT2D eigenvalue weighted by Crippen LogP contribution is 2.32. The molecule has 2 nitrogen and oxygen atoms in total. The van der Waals surface area contributed by atoms with E-state index in [2.05, 4.69) is 66.0 Å². The van der Waals surface area contributed by atoms with Crippen molar-refractivity contribution in [3.8, 4) is 0 Å². The average Bonchev–Trinajstić information content (AvgIpc) is 2.65. The second kappa shape index (κ2) is 8.86. The topological polar surface area (TPSA) is 32.3 Å². The van der Waals surface area contributed by atoms with E-state index in [0.29, 0.717) is 6.54 Å². The third kappa shape index (κ3) is 4.73. The molecule has 0 amide bonds. The Morgan fingerprint density at radius 2 is 1.28 bits per heavy atom. The summed E-state index contributed by atoms with van der Waals surface area (Å²) in [5.74, 6) is -0.0376. The van der Waals surface area contributed by atoms with Gasteiger partial charge in [0.25, 0.3) is 0 Å². The maximum Gasteiger partial charge on any atom is 0.0773 e. The Bertz CT molecular complexity index is 759. The Kier molecular flexibility index (Phi) is 6.29. The van der Waals surface area contributed by atoms with Gasteiger partial charge in [-0.05, 0) is 42.4 Å². The molecular formula is C22H23NOS. The number of hydrogen-bond acceptors (Lipinski definition) is 3. The highest BCUT2D eigenvalue weighted by atomic mass is 32.2. The lowest BCUT2D eigenvalue weighted by Gasteiger charge is -2.24. The fourth-order valence-corrected chi connectivity index (χ4v) is 3.83. The van der Waals surface area contributed by atoms with E-state index in [-0.39, 0.29) is 5.92 Å². The van der Waals surface area contributed by atoms with E-state index >= 15 is 0 Å². The Balaban J connectivity index is 1.84. The van der Waals surface area contributed by atoms with Crippen LogP contribution in [0.3, 0.4) is 0 Å². The summed E-state index contributed by atoms with van der Waals surface area (Å²) in [4.78, 5) is 2.43. The molecule has 2 unspecified atom stereocenters. The van der Waals surface area contributed by atoms with Gasteiger partial charge in [-0.25, -0.2) is 0 Å². The zero-order chi connectivity index (χ0) is 17.5. The molecular weight excluding hydrogens is 326 g/mol. The number of rotatable bonds is 7. The van der Waals surface area contributed by atoms with Gasteiger partial charge in [-0.3, -0.25) is 0 Å². The summed E-state index contributed by atoms with van der Waals surface area (Å²) in [6, 6.07) is 29.1. The van der Waals surface area contributed by atoms with Gasteiger partial charge in [0.2, 0.25) is 0 Å². The first-order valence-electron chi connectivity index (χ1n) is 8.48. The van der Waals surface area contributed by atoms with Crippen LogP contribution < -0.4 is 5.32 Å². The summed E-state index contributed by atoms with van der Waals surface area (Å²) in [6.07, 6.45) is -0.472. The molecule has 2 atom stereocenters. The Labute approximate surface area is 153 Å². The molecule has 0 radical (unpaired) electrons. The second-order valence-corrected chi connectivity index (χ2v) is 7.14. The number of aliphatic hydroxyl groups excluding tert-OH is 1. The predicted octanol–water partition coefficient (Wildman–Crippen LogP) is 4.55. The smallest absolute Gasteiger partial charge is 0.0773 e.